The highest BCUT2D eigenvalue weighted by atomic mass is 35.5. The van der Waals surface area contributed by atoms with E-state index in [2.05, 4.69) is 5.32 Å². The molecule has 4 aromatic rings. The Morgan fingerprint density at radius 3 is 2.22 bits per heavy atom. The van der Waals surface area contributed by atoms with Crippen molar-refractivity contribution in [2.75, 3.05) is 22.7 Å². The average molecular weight is 610 g/mol. The van der Waals surface area contributed by atoms with E-state index in [0.717, 1.165) is 21.0 Å². The zero-order chi connectivity index (χ0) is 29.2. The summed E-state index contributed by atoms with van der Waals surface area (Å²) < 4.78 is 56.3. The molecule has 0 radical (unpaired) electrons. The van der Waals surface area contributed by atoms with Gasteiger partial charge < -0.3 is 5.32 Å². The van der Waals surface area contributed by atoms with Crippen LogP contribution < -0.4 is 9.62 Å². The predicted molar refractivity (Wildman–Crippen MR) is 160 cm³/mol. The Morgan fingerprint density at radius 2 is 1.54 bits per heavy atom. The van der Waals surface area contributed by atoms with Crippen molar-refractivity contribution in [1.82, 2.24) is 4.31 Å². The van der Waals surface area contributed by atoms with Crippen LogP contribution in [0.4, 0.5) is 11.4 Å². The fourth-order valence-electron chi connectivity index (χ4n) is 4.64. The number of sulfonamides is 2. The summed E-state index contributed by atoms with van der Waals surface area (Å²) in [6.45, 7) is 1.69. The minimum absolute atomic E-state index is 0.00176. The zero-order valence-corrected chi connectivity index (χ0v) is 24.6. The van der Waals surface area contributed by atoms with Gasteiger partial charge in [-0.2, -0.15) is 4.31 Å². The molecule has 212 valence electrons. The summed E-state index contributed by atoms with van der Waals surface area (Å²) in [4.78, 5) is 13.4. The summed E-state index contributed by atoms with van der Waals surface area (Å²) in [6.07, 6.45) is 0.524. The maximum absolute atomic E-state index is 13.6. The minimum atomic E-state index is -4.00. The summed E-state index contributed by atoms with van der Waals surface area (Å²) in [7, 11) is -7.85. The Labute approximate surface area is 245 Å². The second-order valence-electron chi connectivity index (χ2n) is 9.74. The second-order valence-corrected chi connectivity index (χ2v) is 14.0. The number of halogens is 1. The van der Waals surface area contributed by atoms with Gasteiger partial charge in [0.2, 0.25) is 15.9 Å². The smallest absolute Gasteiger partial charge is 0.264 e. The number of hydrogen-bond acceptors (Lipinski definition) is 5. The molecule has 11 heteroatoms. The largest absolute Gasteiger partial charge is 0.325 e. The molecule has 41 heavy (non-hydrogen) atoms. The molecule has 0 bridgehead atoms. The van der Waals surface area contributed by atoms with Crippen LogP contribution in [0.1, 0.15) is 16.7 Å². The van der Waals surface area contributed by atoms with Crippen molar-refractivity contribution in [3.05, 3.63) is 119 Å². The molecular weight excluding hydrogens is 582 g/mol. The van der Waals surface area contributed by atoms with Gasteiger partial charge in [-0.25, -0.2) is 16.8 Å². The summed E-state index contributed by atoms with van der Waals surface area (Å²) in [5.41, 5.74) is 3.30. The van der Waals surface area contributed by atoms with Crippen LogP contribution in [0.3, 0.4) is 0 Å². The summed E-state index contributed by atoms with van der Waals surface area (Å²) in [5, 5.41) is 3.19. The van der Waals surface area contributed by atoms with Crippen molar-refractivity contribution < 1.29 is 21.6 Å². The van der Waals surface area contributed by atoms with Crippen LogP contribution in [0.15, 0.2) is 107 Å². The Morgan fingerprint density at radius 1 is 0.878 bits per heavy atom. The van der Waals surface area contributed by atoms with Crippen molar-refractivity contribution in [3.63, 3.8) is 0 Å². The monoisotopic (exact) mass is 609 g/mol. The van der Waals surface area contributed by atoms with Gasteiger partial charge in [-0.1, -0.05) is 65.7 Å². The first-order chi connectivity index (χ1) is 19.5. The fourth-order valence-corrected chi connectivity index (χ4v) is 7.65. The van der Waals surface area contributed by atoms with E-state index in [9.17, 15) is 21.6 Å². The molecule has 8 nitrogen and oxygen atoms in total. The van der Waals surface area contributed by atoms with Crippen LogP contribution in [-0.2, 0) is 37.8 Å². The van der Waals surface area contributed by atoms with Gasteiger partial charge in [0.1, 0.15) is 0 Å². The number of rotatable bonds is 9. The van der Waals surface area contributed by atoms with Gasteiger partial charge in [0.15, 0.2) is 0 Å². The first-order valence-electron chi connectivity index (χ1n) is 12.9. The highest BCUT2D eigenvalue weighted by molar-refractivity contribution is 7.92. The molecule has 1 amide bonds. The first-order valence-corrected chi connectivity index (χ1v) is 16.1. The maximum Gasteiger partial charge on any atom is 0.264 e. The predicted octanol–water partition coefficient (Wildman–Crippen LogP) is 5.23. The maximum atomic E-state index is 13.6. The van der Waals surface area contributed by atoms with Crippen LogP contribution in [0.5, 0.6) is 0 Å². The first kappa shape index (κ1) is 28.8. The lowest BCUT2D eigenvalue weighted by molar-refractivity contribution is -0.116. The third-order valence-electron chi connectivity index (χ3n) is 6.80. The number of hydrogen-bond donors (Lipinski definition) is 1. The number of aryl methyl sites for hydroxylation is 1. The second kappa shape index (κ2) is 11.7. The standard InChI is InChI=1S/C30H28ClN3O5S2/c1-22-7-13-27(14-8-22)40(36,37)33(20-23-5-3-2-4-6-23)21-30(35)32-26-12-9-24-17-18-34(29(24)19-26)41(38,39)28-15-10-25(31)11-16-28/h2-16,19H,17-18,20-21H2,1H3,(H,32,35). The highest BCUT2D eigenvalue weighted by Gasteiger charge is 2.32. The molecule has 1 aliphatic heterocycles. The van der Waals surface area contributed by atoms with E-state index in [-0.39, 0.29) is 22.9 Å². The van der Waals surface area contributed by atoms with Gasteiger partial charge in [-0.15, -0.1) is 0 Å². The van der Waals surface area contributed by atoms with Crippen molar-refractivity contribution in [2.24, 2.45) is 0 Å². The normalized spacial score (nSPS) is 13.3. The van der Waals surface area contributed by atoms with E-state index in [0.29, 0.717) is 22.8 Å². The number of nitrogens with one attached hydrogen (secondary N) is 1. The van der Waals surface area contributed by atoms with Crippen molar-refractivity contribution in [2.45, 2.75) is 29.7 Å². The van der Waals surface area contributed by atoms with Crippen molar-refractivity contribution >= 4 is 48.9 Å². The molecule has 0 fully saturated rings. The third kappa shape index (κ3) is 6.31. The summed E-state index contributed by atoms with van der Waals surface area (Å²) in [6, 6.07) is 26.5. The Bertz CT molecular complexity index is 1780. The van der Waals surface area contributed by atoms with Crippen molar-refractivity contribution in [3.8, 4) is 0 Å². The molecule has 0 aliphatic carbocycles. The summed E-state index contributed by atoms with van der Waals surface area (Å²) >= 11 is 5.93. The molecule has 0 atom stereocenters. The van der Waals surface area contributed by atoms with Crippen LogP contribution >= 0.6 is 11.6 Å². The van der Waals surface area contributed by atoms with Crippen molar-refractivity contribution in [1.29, 1.82) is 0 Å². The summed E-state index contributed by atoms with van der Waals surface area (Å²) in [5.74, 6) is -0.554. The molecule has 1 aliphatic rings. The molecule has 5 rings (SSSR count). The number of nitrogens with zero attached hydrogens (tertiary/aromatic N) is 2. The number of carbonyl (C=O) groups is 1. The Balaban J connectivity index is 1.38. The molecule has 0 saturated carbocycles. The molecular formula is C30H28ClN3O5S2. The topological polar surface area (TPSA) is 104 Å². The number of benzene rings is 4. The highest BCUT2D eigenvalue weighted by Crippen LogP contribution is 2.35. The van der Waals surface area contributed by atoms with Gasteiger partial charge in [-0.3, -0.25) is 9.10 Å². The minimum Gasteiger partial charge on any atom is -0.325 e. The van der Waals surface area contributed by atoms with E-state index >= 15 is 0 Å². The SMILES string of the molecule is Cc1ccc(S(=O)(=O)N(CC(=O)Nc2ccc3c(c2)N(S(=O)(=O)c2ccc(Cl)cc2)CC3)Cc2ccccc2)cc1. The molecule has 0 aromatic heterocycles. The fraction of sp³-hybridized carbons (Fsp3) is 0.167. The number of amides is 1. The Hall–Kier alpha value is -3.70. The van der Waals surface area contributed by atoms with Gasteiger partial charge in [0.05, 0.1) is 22.0 Å². The van der Waals surface area contributed by atoms with E-state index in [4.69, 9.17) is 11.6 Å². The van der Waals surface area contributed by atoms with Crippen LogP contribution in [0, 0.1) is 6.92 Å². The lowest BCUT2D eigenvalue weighted by Gasteiger charge is -2.23. The average Bonchev–Trinajstić information content (AvgIpc) is 3.38. The molecule has 1 heterocycles. The molecule has 1 N–H and O–H groups in total. The van der Waals surface area contributed by atoms with E-state index in [1.54, 1.807) is 54.6 Å². The Kier molecular flexibility index (Phi) is 8.19. The van der Waals surface area contributed by atoms with Gasteiger partial charge in [0, 0.05) is 23.8 Å². The van der Waals surface area contributed by atoms with Gasteiger partial charge in [0.25, 0.3) is 10.0 Å². The lowest BCUT2D eigenvalue weighted by atomic mass is 10.1. The quantitative estimate of drug-likeness (QED) is 0.280. The molecule has 0 spiro atoms. The van der Waals surface area contributed by atoms with Gasteiger partial charge in [-0.05, 0) is 73.0 Å². The van der Waals surface area contributed by atoms with E-state index < -0.39 is 32.5 Å². The van der Waals surface area contributed by atoms with E-state index in [1.807, 2.05) is 13.0 Å². The third-order valence-corrected chi connectivity index (χ3v) is 10.7. The number of carbonyl (C=O) groups excluding carboxylic acids is 1. The van der Waals surface area contributed by atoms with Crippen LogP contribution in [-0.4, -0.2) is 40.1 Å². The number of anilines is 2. The van der Waals surface area contributed by atoms with Crippen LogP contribution in [0.2, 0.25) is 5.02 Å². The lowest BCUT2D eigenvalue weighted by Crippen LogP contribution is -2.37. The van der Waals surface area contributed by atoms with Gasteiger partial charge >= 0.3 is 0 Å². The molecule has 0 saturated heterocycles. The van der Waals surface area contributed by atoms with Crippen LogP contribution in [0.25, 0.3) is 0 Å². The molecule has 0 unspecified atom stereocenters. The number of fused-ring (bicyclic) bond motifs is 1. The van der Waals surface area contributed by atoms with E-state index in [1.165, 1.54) is 40.7 Å². The zero-order valence-electron chi connectivity index (χ0n) is 22.2. The molecule has 4 aromatic carbocycles.